The number of nitrogens with zero attached hydrogens (tertiary/aromatic N) is 6. The molecule has 4 aromatic rings. The summed E-state index contributed by atoms with van der Waals surface area (Å²) in [6.45, 7) is 2.22. The van der Waals surface area contributed by atoms with Crippen LogP contribution in [0.15, 0.2) is 55.5 Å². The molecule has 0 saturated carbocycles. The summed E-state index contributed by atoms with van der Waals surface area (Å²) in [6, 6.07) is 10.1. The van der Waals surface area contributed by atoms with Crippen LogP contribution in [0.1, 0.15) is 18.4 Å². The van der Waals surface area contributed by atoms with Crippen molar-refractivity contribution >= 4 is 22.6 Å². The Morgan fingerprint density at radius 1 is 1.13 bits per heavy atom. The van der Waals surface area contributed by atoms with E-state index in [1.165, 1.54) is 23.6 Å². The summed E-state index contributed by atoms with van der Waals surface area (Å²) < 4.78 is 1.61. The SMILES string of the molecule is O=C(NCCc1c[nH]c2ccccc12)C1CCN(c2cc(-n3cncn3)ncn2)CC1. The van der Waals surface area contributed by atoms with Gasteiger partial charge in [0.1, 0.15) is 24.8 Å². The number of carbonyl (C=O) groups is 1. The van der Waals surface area contributed by atoms with E-state index in [0.717, 1.165) is 43.7 Å². The minimum Gasteiger partial charge on any atom is -0.361 e. The second kappa shape index (κ2) is 8.55. The Hall–Kier alpha value is -3.75. The zero-order chi connectivity index (χ0) is 21.0. The molecule has 1 amide bonds. The monoisotopic (exact) mass is 416 g/mol. The number of carbonyl (C=O) groups excluding carboxylic acids is 1. The van der Waals surface area contributed by atoms with E-state index < -0.39 is 0 Å². The topological polar surface area (TPSA) is 105 Å². The van der Waals surface area contributed by atoms with Crippen molar-refractivity contribution in [2.75, 3.05) is 24.5 Å². The van der Waals surface area contributed by atoms with Gasteiger partial charge in [0, 0.05) is 48.7 Å². The highest BCUT2D eigenvalue weighted by atomic mass is 16.1. The molecule has 0 radical (unpaired) electrons. The van der Waals surface area contributed by atoms with Gasteiger partial charge in [-0.3, -0.25) is 4.79 Å². The molecule has 2 N–H and O–H groups in total. The van der Waals surface area contributed by atoms with Gasteiger partial charge in [0.25, 0.3) is 0 Å². The average Bonchev–Trinajstić information content (AvgIpc) is 3.50. The third-order valence-electron chi connectivity index (χ3n) is 5.85. The highest BCUT2D eigenvalue weighted by molar-refractivity contribution is 5.83. The van der Waals surface area contributed by atoms with Crippen LogP contribution in [0.5, 0.6) is 0 Å². The number of H-pyrrole nitrogens is 1. The summed E-state index contributed by atoms with van der Waals surface area (Å²) in [5.74, 6) is 1.71. The minimum absolute atomic E-state index is 0.0378. The van der Waals surface area contributed by atoms with Gasteiger partial charge in [0.15, 0.2) is 5.82 Å². The van der Waals surface area contributed by atoms with Gasteiger partial charge in [-0.1, -0.05) is 18.2 Å². The number of rotatable bonds is 6. The van der Waals surface area contributed by atoms with Crippen LogP contribution in [0, 0.1) is 5.92 Å². The fourth-order valence-corrected chi connectivity index (χ4v) is 4.14. The van der Waals surface area contributed by atoms with Crippen LogP contribution in [0.2, 0.25) is 0 Å². The lowest BCUT2D eigenvalue weighted by Gasteiger charge is -2.32. The van der Waals surface area contributed by atoms with E-state index in [2.05, 4.69) is 47.4 Å². The summed E-state index contributed by atoms with van der Waals surface area (Å²) in [6.07, 6.45) is 9.09. The third-order valence-corrected chi connectivity index (χ3v) is 5.85. The van der Waals surface area contributed by atoms with Crippen molar-refractivity contribution in [1.29, 1.82) is 0 Å². The Kier molecular flexibility index (Phi) is 5.30. The molecule has 4 heterocycles. The number of fused-ring (bicyclic) bond motifs is 1. The van der Waals surface area contributed by atoms with Crippen molar-refractivity contribution in [2.45, 2.75) is 19.3 Å². The van der Waals surface area contributed by atoms with Crippen LogP contribution in [0.3, 0.4) is 0 Å². The number of piperidine rings is 1. The van der Waals surface area contributed by atoms with Gasteiger partial charge in [-0.25, -0.2) is 19.6 Å². The lowest BCUT2D eigenvalue weighted by Crippen LogP contribution is -2.41. The fraction of sp³-hybridized carbons (Fsp3) is 0.318. The number of hydrogen-bond donors (Lipinski definition) is 2. The molecule has 9 heteroatoms. The molecule has 0 atom stereocenters. The van der Waals surface area contributed by atoms with Gasteiger partial charge < -0.3 is 15.2 Å². The lowest BCUT2D eigenvalue weighted by molar-refractivity contribution is -0.125. The molecular formula is C22H24N8O. The van der Waals surface area contributed by atoms with Gasteiger partial charge in [0.2, 0.25) is 5.91 Å². The van der Waals surface area contributed by atoms with Gasteiger partial charge >= 0.3 is 0 Å². The van der Waals surface area contributed by atoms with E-state index in [1.807, 2.05) is 24.4 Å². The number of para-hydroxylation sites is 1. The normalized spacial score (nSPS) is 14.8. The summed E-state index contributed by atoms with van der Waals surface area (Å²) in [7, 11) is 0. The van der Waals surface area contributed by atoms with E-state index in [0.29, 0.717) is 12.4 Å². The Labute approximate surface area is 179 Å². The van der Waals surface area contributed by atoms with Gasteiger partial charge in [0.05, 0.1) is 0 Å². The van der Waals surface area contributed by atoms with Crippen LogP contribution in [0.25, 0.3) is 16.7 Å². The molecule has 31 heavy (non-hydrogen) atoms. The minimum atomic E-state index is 0.0378. The average molecular weight is 416 g/mol. The highest BCUT2D eigenvalue weighted by Gasteiger charge is 2.25. The van der Waals surface area contributed by atoms with Crippen molar-refractivity contribution in [3.8, 4) is 5.82 Å². The molecule has 1 fully saturated rings. The van der Waals surface area contributed by atoms with Gasteiger partial charge in [-0.15, -0.1) is 0 Å². The number of benzene rings is 1. The maximum Gasteiger partial charge on any atom is 0.223 e. The predicted octanol–water partition coefficient (Wildman–Crippen LogP) is 2.11. The van der Waals surface area contributed by atoms with E-state index in [1.54, 1.807) is 11.0 Å². The van der Waals surface area contributed by atoms with E-state index in [9.17, 15) is 4.79 Å². The Morgan fingerprint density at radius 2 is 1.97 bits per heavy atom. The second-order valence-corrected chi connectivity index (χ2v) is 7.74. The highest BCUT2D eigenvalue weighted by Crippen LogP contribution is 2.23. The van der Waals surface area contributed by atoms with Gasteiger partial charge in [-0.05, 0) is 30.9 Å². The van der Waals surface area contributed by atoms with E-state index in [4.69, 9.17) is 0 Å². The second-order valence-electron chi connectivity index (χ2n) is 7.74. The summed E-state index contributed by atoms with van der Waals surface area (Å²) in [5.41, 5.74) is 2.37. The number of aromatic amines is 1. The van der Waals surface area contributed by atoms with Gasteiger partial charge in [-0.2, -0.15) is 5.10 Å². The quantitative estimate of drug-likeness (QED) is 0.499. The molecule has 0 spiro atoms. The zero-order valence-electron chi connectivity index (χ0n) is 17.1. The molecule has 0 aliphatic carbocycles. The number of nitrogens with one attached hydrogen (secondary N) is 2. The van der Waals surface area contributed by atoms with Crippen molar-refractivity contribution in [3.05, 3.63) is 61.1 Å². The molecule has 0 unspecified atom stereocenters. The van der Waals surface area contributed by atoms with Crippen molar-refractivity contribution < 1.29 is 4.79 Å². The molecule has 1 saturated heterocycles. The number of aromatic nitrogens is 6. The van der Waals surface area contributed by atoms with E-state index >= 15 is 0 Å². The van der Waals surface area contributed by atoms with Crippen LogP contribution >= 0.6 is 0 Å². The number of anilines is 1. The predicted molar refractivity (Wildman–Crippen MR) is 117 cm³/mol. The Balaban J connectivity index is 1.13. The first-order valence-corrected chi connectivity index (χ1v) is 10.5. The molecule has 9 nitrogen and oxygen atoms in total. The maximum atomic E-state index is 12.7. The van der Waals surface area contributed by atoms with Crippen LogP contribution < -0.4 is 10.2 Å². The smallest absolute Gasteiger partial charge is 0.223 e. The molecule has 1 aliphatic heterocycles. The Bertz CT molecular complexity index is 1160. The zero-order valence-corrected chi connectivity index (χ0v) is 17.1. The van der Waals surface area contributed by atoms with Crippen molar-refractivity contribution in [2.24, 2.45) is 5.92 Å². The lowest BCUT2D eigenvalue weighted by atomic mass is 9.96. The maximum absolute atomic E-state index is 12.7. The number of hydrogen-bond acceptors (Lipinski definition) is 6. The summed E-state index contributed by atoms with van der Waals surface area (Å²) >= 11 is 0. The molecule has 1 aromatic carbocycles. The molecule has 3 aromatic heterocycles. The van der Waals surface area contributed by atoms with E-state index in [-0.39, 0.29) is 11.8 Å². The third kappa shape index (κ3) is 4.11. The fourth-order valence-electron chi connectivity index (χ4n) is 4.14. The Morgan fingerprint density at radius 3 is 2.81 bits per heavy atom. The largest absolute Gasteiger partial charge is 0.361 e. The molecule has 5 rings (SSSR count). The molecule has 1 aliphatic rings. The first kappa shape index (κ1) is 19.2. The van der Waals surface area contributed by atoms with Crippen molar-refractivity contribution in [3.63, 3.8) is 0 Å². The first-order valence-electron chi connectivity index (χ1n) is 10.5. The first-order chi connectivity index (χ1) is 15.3. The van der Waals surface area contributed by atoms with Crippen LogP contribution in [-0.4, -0.2) is 55.3 Å². The summed E-state index contributed by atoms with van der Waals surface area (Å²) in [4.78, 5) is 30.7. The molecule has 0 bridgehead atoms. The van der Waals surface area contributed by atoms with Crippen LogP contribution in [-0.2, 0) is 11.2 Å². The standard InChI is InChI=1S/C22H24N8O/c31-22(24-8-5-17-12-25-19-4-2-1-3-18(17)19)16-6-9-29(10-7-16)20-11-21(27-14-26-20)30-15-23-13-28-30/h1-4,11-16,25H,5-10H2,(H,24,31). The molecular weight excluding hydrogens is 392 g/mol. The summed E-state index contributed by atoms with van der Waals surface area (Å²) in [5, 5.41) is 8.46. The van der Waals surface area contributed by atoms with Crippen molar-refractivity contribution in [1.82, 2.24) is 35.0 Å². The number of amides is 1. The van der Waals surface area contributed by atoms with Crippen LogP contribution in [0.4, 0.5) is 5.82 Å². The molecule has 158 valence electrons.